The van der Waals surface area contributed by atoms with Crippen LogP contribution in [-0.2, 0) is 14.0 Å². The van der Waals surface area contributed by atoms with Crippen molar-refractivity contribution in [2.45, 2.75) is 59.1 Å². The first kappa shape index (κ1) is 19.2. The Labute approximate surface area is 157 Å². The molecule has 2 aliphatic rings. The Kier molecular flexibility index (Phi) is 5.36. The Morgan fingerprint density at radius 1 is 1.23 bits per heavy atom. The van der Waals surface area contributed by atoms with Crippen molar-refractivity contribution >= 4 is 18.7 Å². The molecule has 2 saturated heterocycles. The molecule has 1 atom stereocenters. The van der Waals surface area contributed by atoms with Crippen molar-refractivity contribution in [1.82, 2.24) is 4.90 Å². The van der Waals surface area contributed by atoms with Gasteiger partial charge in [0.2, 0.25) is 0 Å². The minimum absolute atomic E-state index is 0.00295. The summed E-state index contributed by atoms with van der Waals surface area (Å²) in [5.74, 6) is 0. The van der Waals surface area contributed by atoms with Gasteiger partial charge in [-0.2, -0.15) is 0 Å². The first-order valence-electron chi connectivity index (χ1n) is 9.48. The molecule has 1 amide bonds. The number of hydrogen-bond donors (Lipinski definition) is 0. The van der Waals surface area contributed by atoms with Crippen LogP contribution in [0.25, 0.3) is 0 Å². The lowest BCUT2D eigenvalue weighted by molar-refractivity contribution is 0.0221. The number of amides is 1. The standard InChI is InChI=1S/C20H30BNO4/c1-19(2,3)26-18(23)22-12-8-11-17(22)15-9-6-7-10-16(15)21-24-13-20(4,5)14-25-21/h6-7,9-10,17H,8,11-14H2,1-5H3. The number of likely N-dealkylation sites (tertiary alicyclic amines) is 1. The van der Waals surface area contributed by atoms with Crippen LogP contribution in [0.2, 0.25) is 0 Å². The lowest BCUT2D eigenvalue weighted by Crippen LogP contribution is -2.49. The van der Waals surface area contributed by atoms with E-state index in [1.165, 1.54) is 0 Å². The van der Waals surface area contributed by atoms with Crippen LogP contribution < -0.4 is 5.46 Å². The molecule has 2 aliphatic heterocycles. The van der Waals surface area contributed by atoms with E-state index in [4.69, 9.17) is 14.0 Å². The monoisotopic (exact) mass is 359 g/mol. The minimum atomic E-state index is -0.495. The summed E-state index contributed by atoms with van der Waals surface area (Å²) in [6.45, 7) is 12.0. The SMILES string of the molecule is CC1(C)COB(c2ccccc2C2CCCN2C(=O)OC(C)(C)C)OC1. The Morgan fingerprint density at radius 3 is 2.54 bits per heavy atom. The summed E-state index contributed by atoms with van der Waals surface area (Å²) in [7, 11) is -0.375. The first-order chi connectivity index (χ1) is 12.2. The van der Waals surface area contributed by atoms with Gasteiger partial charge < -0.3 is 18.9 Å². The predicted octanol–water partition coefficient (Wildman–Crippen LogP) is 3.53. The fourth-order valence-corrected chi connectivity index (χ4v) is 3.53. The van der Waals surface area contributed by atoms with E-state index in [2.05, 4.69) is 19.9 Å². The number of rotatable bonds is 2. The third-order valence-corrected chi connectivity index (χ3v) is 4.74. The smallest absolute Gasteiger partial charge is 0.444 e. The molecule has 1 aromatic carbocycles. The fraction of sp³-hybridized carbons (Fsp3) is 0.650. The van der Waals surface area contributed by atoms with Crippen molar-refractivity contribution in [3.8, 4) is 0 Å². The van der Waals surface area contributed by atoms with Crippen molar-refractivity contribution in [3.05, 3.63) is 29.8 Å². The van der Waals surface area contributed by atoms with E-state index in [0.717, 1.165) is 23.9 Å². The average molecular weight is 359 g/mol. The third-order valence-electron chi connectivity index (χ3n) is 4.74. The number of carbonyl (C=O) groups excluding carboxylic acids is 1. The molecule has 142 valence electrons. The maximum absolute atomic E-state index is 12.7. The zero-order valence-electron chi connectivity index (χ0n) is 16.6. The van der Waals surface area contributed by atoms with Gasteiger partial charge in [-0.15, -0.1) is 0 Å². The van der Waals surface area contributed by atoms with Gasteiger partial charge in [0.1, 0.15) is 5.60 Å². The topological polar surface area (TPSA) is 48.0 Å². The quantitative estimate of drug-likeness (QED) is 0.758. The van der Waals surface area contributed by atoms with Gasteiger partial charge in [-0.1, -0.05) is 38.1 Å². The van der Waals surface area contributed by atoms with Crippen LogP contribution in [0.5, 0.6) is 0 Å². The number of benzene rings is 1. The second kappa shape index (κ2) is 7.24. The summed E-state index contributed by atoms with van der Waals surface area (Å²) in [4.78, 5) is 14.5. The van der Waals surface area contributed by atoms with Gasteiger partial charge >= 0.3 is 13.2 Å². The summed E-state index contributed by atoms with van der Waals surface area (Å²) in [6.07, 6.45) is 1.65. The van der Waals surface area contributed by atoms with Gasteiger partial charge in [-0.05, 0) is 44.6 Å². The molecular formula is C20H30BNO4. The third kappa shape index (κ3) is 4.41. The molecule has 0 saturated carbocycles. The second-order valence-electron chi connectivity index (χ2n) is 9.08. The lowest BCUT2D eigenvalue weighted by Gasteiger charge is -2.35. The number of ether oxygens (including phenoxy) is 1. The highest BCUT2D eigenvalue weighted by Crippen LogP contribution is 2.33. The van der Waals surface area contributed by atoms with Crippen LogP contribution in [0.15, 0.2) is 24.3 Å². The van der Waals surface area contributed by atoms with Crippen molar-refractivity contribution in [3.63, 3.8) is 0 Å². The van der Waals surface area contributed by atoms with Crippen molar-refractivity contribution in [2.24, 2.45) is 5.41 Å². The van der Waals surface area contributed by atoms with Gasteiger partial charge in [0.15, 0.2) is 0 Å². The summed E-state index contributed by atoms with van der Waals surface area (Å²) in [5, 5.41) is 0. The van der Waals surface area contributed by atoms with Gasteiger partial charge in [0.05, 0.1) is 6.04 Å². The molecule has 26 heavy (non-hydrogen) atoms. The maximum atomic E-state index is 12.7. The summed E-state index contributed by atoms with van der Waals surface area (Å²) in [6, 6.07) is 8.14. The van der Waals surface area contributed by atoms with Crippen molar-refractivity contribution < 1.29 is 18.8 Å². The summed E-state index contributed by atoms with van der Waals surface area (Å²) < 4.78 is 17.6. The normalized spacial score (nSPS) is 23.2. The van der Waals surface area contributed by atoms with Gasteiger partial charge in [-0.25, -0.2) is 4.79 Å². The van der Waals surface area contributed by atoms with E-state index in [1.54, 1.807) is 0 Å². The summed E-state index contributed by atoms with van der Waals surface area (Å²) in [5.41, 5.74) is 1.65. The summed E-state index contributed by atoms with van der Waals surface area (Å²) >= 11 is 0. The largest absolute Gasteiger partial charge is 0.494 e. The Morgan fingerprint density at radius 2 is 1.88 bits per heavy atom. The molecule has 0 N–H and O–H groups in total. The molecular weight excluding hydrogens is 329 g/mol. The maximum Gasteiger partial charge on any atom is 0.494 e. The van der Waals surface area contributed by atoms with Gasteiger partial charge in [-0.3, -0.25) is 0 Å². The molecule has 0 spiro atoms. The zero-order valence-corrected chi connectivity index (χ0v) is 16.6. The highest BCUT2D eigenvalue weighted by atomic mass is 16.6. The van der Waals surface area contributed by atoms with Crippen LogP contribution in [0.4, 0.5) is 4.79 Å². The molecule has 2 heterocycles. The van der Waals surface area contributed by atoms with E-state index >= 15 is 0 Å². The van der Waals surface area contributed by atoms with Crippen LogP contribution in [0.1, 0.15) is 59.1 Å². The molecule has 0 bridgehead atoms. The molecule has 1 unspecified atom stereocenters. The molecule has 3 rings (SSSR count). The minimum Gasteiger partial charge on any atom is -0.444 e. The van der Waals surface area contributed by atoms with Crippen LogP contribution in [-0.4, -0.2) is 43.5 Å². The van der Waals surface area contributed by atoms with Crippen molar-refractivity contribution in [2.75, 3.05) is 19.8 Å². The Balaban J connectivity index is 1.82. The predicted molar refractivity (Wildman–Crippen MR) is 102 cm³/mol. The van der Waals surface area contributed by atoms with Gasteiger partial charge in [0, 0.05) is 25.2 Å². The molecule has 0 aliphatic carbocycles. The highest BCUT2D eigenvalue weighted by molar-refractivity contribution is 6.62. The number of hydrogen-bond acceptors (Lipinski definition) is 4. The highest BCUT2D eigenvalue weighted by Gasteiger charge is 2.39. The lowest BCUT2D eigenvalue weighted by atomic mass is 9.72. The van der Waals surface area contributed by atoms with Crippen LogP contribution in [0.3, 0.4) is 0 Å². The number of carbonyl (C=O) groups is 1. The fourth-order valence-electron chi connectivity index (χ4n) is 3.53. The Hall–Kier alpha value is -1.53. The second-order valence-corrected chi connectivity index (χ2v) is 9.08. The molecule has 1 aromatic rings. The average Bonchev–Trinajstić information content (AvgIpc) is 3.03. The molecule has 5 nitrogen and oxygen atoms in total. The van der Waals surface area contributed by atoms with E-state index in [-0.39, 0.29) is 24.7 Å². The molecule has 0 aromatic heterocycles. The van der Waals surface area contributed by atoms with Crippen LogP contribution in [0, 0.1) is 5.41 Å². The van der Waals surface area contributed by atoms with E-state index in [1.807, 2.05) is 43.9 Å². The first-order valence-corrected chi connectivity index (χ1v) is 9.48. The number of nitrogens with zero attached hydrogens (tertiary/aromatic N) is 1. The van der Waals surface area contributed by atoms with Gasteiger partial charge in [0.25, 0.3) is 0 Å². The molecule has 6 heteroatoms. The van der Waals surface area contributed by atoms with Crippen LogP contribution >= 0.6 is 0 Å². The van der Waals surface area contributed by atoms with E-state index in [9.17, 15) is 4.79 Å². The van der Waals surface area contributed by atoms with E-state index in [0.29, 0.717) is 19.8 Å². The molecule has 0 radical (unpaired) electrons. The van der Waals surface area contributed by atoms with Crippen molar-refractivity contribution in [1.29, 1.82) is 0 Å². The zero-order chi connectivity index (χ0) is 18.9. The van der Waals surface area contributed by atoms with E-state index < -0.39 is 5.60 Å². The molecule has 2 fully saturated rings. The Bertz CT molecular complexity index is 645.